The largest absolute Gasteiger partial charge is 0.392 e. The predicted molar refractivity (Wildman–Crippen MR) is 132 cm³/mol. The highest BCUT2D eigenvalue weighted by atomic mass is 35.5. The van der Waals surface area contributed by atoms with Crippen LogP contribution in [-0.2, 0) is 17.9 Å². The average molecular weight is 490 g/mol. The molecule has 2 aliphatic rings. The molecule has 0 bridgehead atoms. The Balaban J connectivity index is 1.49. The van der Waals surface area contributed by atoms with E-state index in [0.29, 0.717) is 52.0 Å². The molecule has 1 atom stereocenters. The number of benzene rings is 2. The van der Waals surface area contributed by atoms with Crippen LogP contribution in [0.1, 0.15) is 47.4 Å². The summed E-state index contributed by atoms with van der Waals surface area (Å²) in [6.45, 7) is 9.71. The van der Waals surface area contributed by atoms with Crippen molar-refractivity contribution >= 4 is 34.8 Å². The molecule has 0 saturated heterocycles. The summed E-state index contributed by atoms with van der Waals surface area (Å²) in [5.74, 6) is -0.242. The summed E-state index contributed by atoms with van der Waals surface area (Å²) in [6.07, 6.45) is 1.71. The van der Waals surface area contributed by atoms with Crippen molar-refractivity contribution in [2.45, 2.75) is 39.0 Å². The minimum Gasteiger partial charge on any atom is -0.392 e. The molecule has 178 valence electrons. The molecule has 0 spiro atoms. The van der Waals surface area contributed by atoms with Gasteiger partial charge in [-0.05, 0) is 49.1 Å². The molecule has 1 fully saturated rings. The van der Waals surface area contributed by atoms with E-state index in [-0.39, 0.29) is 30.4 Å². The lowest BCUT2D eigenvalue weighted by atomic mass is 10.0. The van der Waals surface area contributed by atoms with Crippen molar-refractivity contribution in [3.8, 4) is 11.3 Å². The van der Waals surface area contributed by atoms with E-state index in [0.717, 1.165) is 18.4 Å². The maximum atomic E-state index is 13.4. The van der Waals surface area contributed by atoms with Crippen LogP contribution in [0.25, 0.3) is 16.1 Å². The summed E-state index contributed by atoms with van der Waals surface area (Å²) in [5, 5.41) is 18.1. The number of carbonyl (C=O) groups excluding carboxylic acids is 2. The molecule has 1 aromatic heterocycles. The van der Waals surface area contributed by atoms with Crippen molar-refractivity contribution in [2.75, 3.05) is 11.9 Å². The third kappa shape index (κ3) is 4.53. The van der Waals surface area contributed by atoms with Gasteiger partial charge in [0.05, 0.1) is 30.6 Å². The van der Waals surface area contributed by atoms with Crippen molar-refractivity contribution < 1.29 is 14.7 Å². The minimum absolute atomic E-state index is 0.00591. The van der Waals surface area contributed by atoms with Crippen LogP contribution in [0.4, 0.5) is 11.4 Å². The van der Waals surface area contributed by atoms with Gasteiger partial charge in [-0.1, -0.05) is 35.9 Å². The smallest absolute Gasteiger partial charge is 0.272 e. The Morgan fingerprint density at radius 2 is 2.00 bits per heavy atom. The molecule has 2 N–H and O–H groups in total. The number of aliphatic hydroxyl groups excluding tert-OH is 1. The van der Waals surface area contributed by atoms with E-state index in [4.69, 9.17) is 23.3 Å². The average Bonchev–Trinajstić information content (AvgIpc) is 3.61. The number of hydrogen-bond acceptors (Lipinski definition) is 4. The molecule has 1 saturated carbocycles. The SMILES string of the molecule is [C-]#[N+]c1ccc(CN2C[C@H](C)n3nc(-c4c(CO)cc(Cl)cc4NC(=O)C4CC4)cc3C2=O)cc1. The molecule has 2 amide bonds. The number of anilines is 1. The van der Waals surface area contributed by atoms with Crippen LogP contribution in [0, 0.1) is 12.5 Å². The van der Waals surface area contributed by atoms with Crippen molar-refractivity contribution in [3.63, 3.8) is 0 Å². The first-order chi connectivity index (χ1) is 16.9. The Morgan fingerprint density at radius 1 is 1.26 bits per heavy atom. The fraction of sp³-hybridized carbons (Fsp3) is 0.308. The zero-order chi connectivity index (χ0) is 24.7. The number of aliphatic hydroxyl groups is 1. The first-order valence-electron chi connectivity index (χ1n) is 11.5. The standard InChI is InChI=1S/C26H24ClN5O3/c1-15-12-31(13-16-3-7-20(28-2)8-4-16)26(35)23-11-22(30-32(15)23)24-18(14-33)9-19(27)10-21(24)29-25(34)17-5-6-17/h3-4,7-11,15,17,33H,5-6,12-14H2,1H3,(H,29,34)/t15-/m0/s1. The number of nitrogens with zero attached hydrogens (tertiary/aromatic N) is 4. The van der Waals surface area contributed by atoms with Gasteiger partial charge in [-0.15, -0.1) is 0 Å². The molecular formula is C26H24ClN5O3. The van der Waals surface area contributed by atoms with Gasteiger partial charge in [-0.3, -0.25) is 14.3 Å². The lowest BCUT2D eigenvalue weighted by molar-refractivity contribution is -0.117. The number of amides is 2. The van der Waals surface area contributed by atoms with Crippen LogP contribution in [0.2, 0.25) is 5.02 Å². The number of nitrogens with one attached hydrogen (secondary N) is 1. The fourth-order valence-corrected chi connectivity index (χ4v) is 4.70. The van der Waals surface area contributed by atoms with Gasteiger partial charge in [-0.25, -0.2) is 4.85 Å². The van der Waals surface area contributed by atoms with Crippen molar-refractivity contribution in [1.82, 2.24) is 14.7 Å². The van der Waals surface area contributed by atoms with Gasteiger partial charge in [0.2, 0.25) is 5.91 Å². The van der Waals surface area contributed by atoms with E-state index in [1.807, 2.05) is 19.1 Å². The lowest BCUT2D eigenvalue weighted by Crippen LogP contribution is -2.41. The third-order valence-electron chi connectivity index (χ3n) is 6.40. The molecule has 0 radical (unpaired) electrons. The van der Waals surface area contributed by atoms with Gasteiger partial charge >= 0.3 is 0 Å². The number of carbonyl (C=O) groups is 2. The van der Waals surface area contributed by atoms with Crippen LogP contribution >= 0.6 is 11.6 Å². The van der Waals surface area contributed by atoms with Gasteiger partial charge in [0.25, 0.3) is 5.91 Å². The first kappa shape index (κ1) is 23.1. The zero-order valence-electron chi connectivity index (χ0n) is 19.2. The molecule has 8 nitrogen and oxygen atoms in total. The van der Waals surface area contributed by atoms with E-state index in [2.05, 4.69) is 10.2 Å². The maximum Gasteiger partial charge on any atom is 0.272 e. The Bertz CT molecular complexity index is 1350. The molecule has 2 heterocycles. The first-order valence-corrected chi connectivity index (χ1v) is 11.9. The second kappa shape index (κ2) is 9.17. The molecular weight excluding hydrogens is 466 g/mol. The molecule has 0 unspecified atom stereocenters. The summed E-state index contributed by atoms with van der Waals surface area (Å²) >= 11 is 6.26. The topological polar surface area (TPSA) is 91.8 Å². The van der Waals surface area contributed by atoms with E-state index >= 15 is 0 Å². The molecule has 3 aromatic rings. The number of fused-ring (bicyclic) bond motifs is 1. The molecule has 2 aromatic carbocycles. The Kier molecular flexibility index (Phi) is 6.05. The van der Waals surface area contributed by atoms with Crippen LogP contribution in [0.5, 0.6) is 0 Å². The quantitative estimate of drug-likeness (QED) is 0.486. The monoisotopic (exact) mass is 489 g/mol. The number of rotatable bonds is 6. The summed E-state index contributed by atoms with van der Waals surface area (Å²) in [5.41, 5.74) is 4.00. The van der Waals surface area contributed by atoms with Crippen LogP contribution in [-0.4, -0.2) is 38.1 Å². The predicted octanol–water partition coefficient (Wildman–Crippen LogP) is 4.81. The van der Waals surface area contributed by atoms with E-state index in [1.165, 1.54) is 0 Å². The van der Waals surface area contributed by atoms with E-state index in [9.17, 15) is 14.7 Å². The number of hydrogen-bond donors (Lipinski definition) is 2. The zero-order valence-corrected chi connectivity index (χ0v) is 19.9. The molecule has 1 aliphatic carbocycles. The number of aromatic nitrogens is 2. The van der Waals surface area contributed by atoms with E-state index < -0.39 is 0 Å². The maximum absolute atomic E-state index is 13.4. The fourth-order valence-electron chi connectivity index (χ4n) is 4.46. The molecule has 35 heavy (non-hydrogen) atoms. The Morgan fingerprint density at radius 3 is 2.66 bits per heavy atom. The summed E-state index contributed by atoms with van der Waals surface area (Å²) in [4.78, 5) is 31.1. The molecule has 9 heteroatoms. The highest BCUT2D eigenvalue weighted by Gasteiger charge is 2.33. The van der Waals surface area contributed by atoms with Crippen LogP contribution in [0.3, 0.4) is 0 Å². The van der Waals surface area contributed by atoms with Crippen molar-refractivity contribution in [3.05, 3.63) is 75.7 Å². The van der Waals surface area contributed by atoms with Gasteiger partial charge in [-0.2, -0.15) is 5.10 Å². The van der Waals surface area contributed by atoms with Gasteiger partial charge in [0, 0.05) is 29.6 Å². The van der Waals surface area contributed by atoms with Crippen molar-refractivity contribution in [1.29, 1.82) is 0 Å². The van der Waals surface area contributed by atoms with Crippen molar-refractivity contribution in [2.24, 2.45) is 5.92 Å². The highest BCUT2D eigenvalue weighted by molar-refractivity contribution is 6.31. The second-order valence-electron chi connectivity index (χ2n) is 9.08. The van der Waals surface area contributed by atoms with Gasteiger partial charge in [0.1, 0.15) is 5.69 Å². The summed E-state index contributed by atoms with van der Waals surface area (Å²) < 4.78 is 1.71. The highest BCUT2D eigenvalue weighted by Crippen LogP contribution is 2.38. The summed E-state index contributed by atoms with van der Waals surface area (Å²) in [7, 11) is 0. The Labute approximate surface area is 207 Å². The number of halogens is 1. The van der Waals surface area contributed by atoms with Gasteiger partial charge in [0.15, 0.2) is 5.69 Å². The molecule has 5 rings (SSSR count). The third-order valence-corrected chi connectivity index (χ3v) is 6.62. The lowest BCUT2D eigenvalue weighted by Gasteiger charge is -2.31. The molecule has 1 aliphatic heterocycles. The van der Waals surface area contributed by atoms with Gasteiger partial charge < -0.3 is 15.3 Å². The Hall–Kier alpha value is -3.67. The second-order valence-corrected chi connectivity index (χ2v) is 9.52. The minimum atomic E-state index is -0.291. The van der Waals surface area contributed by atoms with E-state index in [1.54, 1.807) is 39.9 Å². The van der Waals surface area contributed by atoms with Crippen LogP contribution in [0.15, 0.2) is 42.5 Å². The summed E-state index contributed by atoms with van der Waals surface area (Å²) in [6, 6.07) is 12.1. The van der Waals surface area contributed by atoms with Crippen LogP contribution < -0.4 is 5.32 Å². The normalized spacial score (nSPS) is 17.1.